The molecule has 0 bridgehead atoms. The van der Waals surface area contributed by atoms with Gasteiger partial charge in [-0.3, -0.25) is 0 Å². The van der Waals surface area contributed by atoms with Gasteiger partial charge in [0.1, 0.15) is 0 Å². The largest absolute Gasteiger partial charge is 0.328 e. The van der Waals surface area contributed by atoms with Crippen molar-refractivity contribution in [2.45, 2.75) is 19.4 Å². The molecule has 0 aliphatic carbocycles. The summed E-state index contributed by atoms with van der Waals surface area (Å²) in [5.74, 6) is 0. The summed E-state index contributed by atoms with van der Waals surface area (Å²) in [5.41, 5.74) is 8.28. The molecule has 0 saturated heterocycles. The second-order valence-corrected chi connectivity index (χ2v) is 3.50. The molecule has 1 unspecified atom stereocenters. The van der Waals surface area contributed by atoms with Gasteiger partial charge in [-0.1, -0.05) is 6.07 Å². The molecule has 68 valence electrons. The van der Waals surface area contributed by atoms with E-state index in [1.165, 1.54) is 11.2 Å². The Morgan fingerprint density at radius 3 is 2.85 bits per heavy atom. The fraction of sp³-hybridized carbons (Fsp3) is 0.273. The van der Waals surface area contributed by atoms with E-state index in [2.05, 4.69) is 40.9 Å². The lowest BCUT2D eigenvalue weighted by Crippen LogP contribution is -2.19. The Morgan fingerprint density at radius 2 is 2.08 bits per heavy atom. The van der Waals surface area contributed by atoms with E-state index >= 15 is 0 Å². The van der Waals surface area contributed by atoms with Crippen LogP contribution in [0, 0.1) is 0 Å². The molecule has 0 aliphatic heterocycles. The van der Waals surface area contributed by atoms with Gasteiger partial charge in [0.05, 0.1) is 0 Å². The zero-order chi connectivity index (χ0) is 9.26. The summed E-state index contributed by atoms with van der Waals surface area (Å²) >= 11 is 0. The van der Waals surface area contributed by atoms with Crippen LogP contribution in [-0.2, 0) is 6.42 Å². The number of hydrogen-bond acceptors (Lipinski definition) is 1. The van der Waals surface area contributed by atoms with Gasteiger partial charge in [0.15, 0.2) is 0 Å². The van der Waals surface area contributed by atoms with E-state index in [1.807, 2.05) is 6.92 Å². The van der Waals surface area contributed by atoms with Crippen molar-refractivity contribution >= 4 is 5.52 Å². The number of rotatable bonds is 2. The van der Waals surface area contributed by atoms with Crippen molar-refractivity contribution in [1.29, 1.82) is 0 Å². The average Bonchev–Trinajstić information content (AvgIpc) is 2.51. The normalized spacial score (nSPS) is 13.4. The average molecular weight is 174 g/mol. The highest BCUT2D eigenvalue weighted by atomic mass is 14.9. The molecule has 0 fully saturated rings. The Morgan fingerprint density at radius 1 is 1.31 bits per heavy atom. The van der Waals surface area contributed by atoms with E-state index < -0.39 is 0 Å². The molecule has 0 radical (unpaired) electrons. The van der Waals surface area contributed by atoms with E-state index in [-0.39, 0.29) is 6.04 Å². The summed E-state index contributed by atoms with van der Waals surface area (Å²) in [6.07, 6.45) is 3.00. The van der Waals surface area contributed by atoms with Gasteiger partial charge >= 0.3 is 0 Å². The number of aromatic nitrogens is 1. The highest BCUT2D eigenvalue weighted by molar-refractivity contribution is 5.48. The minimum Gasteiger partial charge on any atom is -0.328 e. The molecular weight excluding hydrogens is 160 g/mol. The molecule has 2 heteroatoms. The second kappa shape index (κ2) is 3.23. The third kappa shape index (κ3) is 1.58. The standard InChI is InChI=1S/C11H14N2/c1-9(12)8-11-5-2-4-10-6-3-7-13(10)11/h2-7,9H,8,12H2,1H3. The van der Waals surface area contributed by atoms with Gasteiger partial charge in [0.2, 0.25) is 0 Å². The number of pyridine rings is 1. The van der Waals surface area contributed by atoms with E-state index in [0.29, 0.717) is 0 Å². The molecule has 2 rings (SSSR count). The molecule has 0 aromatic carbocycles. The lowest BCUT2D eigenvalue weighted by molar-refractivity contribution is 0.715. The third-order valence-corrected chi connectivity index (χ3v) is 2.18. The minimum absolute atomic E-state index is 0.216. The van der Waals surface area contributed by atoms with Crippen LogP contribution in [0.1, 0.15) is 12.6 Å². The Labute approximate surface area is 78.0 Å². The Balaban J connectivity index is 2.48. The van der Waals surface area contributed by atoms with Crippen molar-refractivity contribution in [3.05, 3.63) is 42.2 Å². The van der Waals surface area contributed by atoms with Crippen molar-refractivity contribution in [3.63, 3.8) is 0 Å². The van der Waals surface area contributed by atoms with Crippen LogP contribution in [0.2, 0.25) is 0 Å². The first-order chi connectivity index (χ1) is 6.27. The van der Waals surface area contributed by atoms with Crippen LogP contribution in [-0.4, -0.2) is 10.4 Å². The fourth-order valence-electron chi connectivity index (χ4n) is 1.63. The van der Waals surface area contributed by atoms with Crippen molar-refractivity contribution < 1.29 is 0 Å². The topological polar surface area (TPSA) is 30.4 Å². The predicted molar refractivity (Wildman–Crippen MR) is 54.8 cm³/mol. The predicted octanol–water partition coefficient (Wildman–Crippen LogP) is 1.83. The van der Waals surface area contributed by atoms with Crippen LogP contribution in [0.4, 0.5) is 0 Å². The molecule has 2 N–H and O–H groups in total. The van der Waals surface area contributed by atoms with Crippen LogP contribution in [0.3, 0.4) is 0 Å². The zero-order valence-electron chi connectivity index (χ0n) is 7.77. The van der Waals surface area contributed by atoms with E-state index in [0.717, 1.165) is 6.42 Å². The van der Waals surface area contributed by atoms with E-state index in [4.69, 9.17) is 5.73 Å². The maximum Gasteiger partial charge on any atom is 0.0452 e. The lowest BCUT2D eigenvalue weighted by Gasteiger charge is -2.08. The van der Waals surface area contributed by atoms with Gasteiger partial charge in [-0.05, 0) is 31.2 Å². The van der Waals surface area contributed by atoms with Gasteiger partial charge in [-0.25, -0.2) is 0 Å². The van der Waals surface area contributed by atoms with Gasteiger partial charge in [-0.15, -0.1) is 0 Å². The Bertz CT molecular complexity index is 401. The molecule has 2 nitrogen and oxygen atoms in total. The third-order valence-electron chi connectivity index (χ3n) is 2.18. The summed E-state index contributed by atoms with van der Waals surface area (Å²) in [5, 5.41) is 0. The Kier molecular flexibility index (Phi) is 2.07. The van der Waals surface area contributed by atoms with Crippen LogP contribution >= 0.6 is 0 Å². The number of hydrogen-bond donors (Lipinski definition) is 1. The quantitative estimate of drug-likeness (QED) is 0.739. The first kappa shape index (κ1) is 8.32. The van der Waals surface area contributed by atoms with Crippen molar-refractivity contribution in [1.82, 2.24) is 4.40 Å². The van der Waals surface area contributed by atoms with E-state index in [9.17, 15) is 0 Å². The van der Waals surface area contributed by atoms with Crippen molar-refractivity contribution in [2.24, 2.45) is 5.73 Å². The van der Waals surface area contributed by atoms with Gasteiger partial charge in [-0.2, -0.15) is 0 Å². The molecule has 2 aromatic heterocycles. The molecule has 0 spiro atoms. The lowest BCUT2D eigenvalue weighted by atomic mass is 10.2. The summed E-state index contributed by atoms with van der Waals surface area (Å²) in [6.45, 7) is 2.03. The van der Waals surface area contributed by atoms with Gasteiger partial charge in [0, 0.05) is 29.9 Å². The highest BCUT2D eigenvalue weighted by Gasteiger charge is 2.01. The molecule has 1 atom stereocenters. The van der Waals surface area contributed by atoms with Crippen molar-refractivity contribution in [3.8, 4) is 0 Å². The van der Waals surface area contributed by atoms with Gasteiger partial charge < -0.3 is 10.1 Å². The second-order valence-electron chi connectivity index (χ2n) is 3.50. The van der Waals surface area contributed by atoms with Crippen LogP contribution in [0.5, 0.6) is 0 Å². The maximum absolute atomic E-state index is 5.77. The van der Waals surface area contributed by atoms with Gasteiger partial charge in [0.25, 0.3) is 0 Å². The Hall–Kier alpha value is -1.28. The number of nitrogens with zero attached hydrogens (tertiary/aromatic N) is 1. The van der Waals surface area contributed by atoms with Crippen molar-refractivity contribution in [2.75, 3.05) is 0 Å². The first-order valence-corrected chi connectivity index (χ1v) is 4.58. The van der Waals surface area contributed by atoms with Crippen LogP contribution in [0.25, 0.3) is 5.52 Å². The fourth-order valence-corrected chi connectivity index (χ4v) is 1.63. The smallest absolute Gasteiger partial charge is 0.0452 e. The van der Waals surface area contributed by atoms with Crippen LogP contribution < -0.4 is 5.73 Å². The zero-order valence-corrected chi connectivity index (χ0v) is 7.77. The SMILES string of the molecule is CC(N)Cc1cccc2cccn12. The summed E-state index contributed by atoms with van der Waals surface area (Å²) in [6, 6.07) is 10.7. The van der Waals surface area contributed by atoms with Crippen LogP contribution in [0.15, 0.2) is 36.5 Å². The molecule has 2 aromatic rings. The van der Waals surface area contributed by atoms with E-state index in [1.54, 1.807) is 0 Å². The summed E-state index contributed by atoms with van der Waals surface area (Å²) < 4.78 is 2.18. The maximum atomic E-state index is 5.77. The molecule has 0 aliphatic rings. The highest BCUT2D eigenvalue weighted by Crippen LogP contribution is 2.09. The molecule has 2 heterocycles. The summed E-state index contributed by atoms with van der Waals surface area (Å²) in [7, 11) is 0. The molecular formula is C11H14N2. The minimum atomic E-state index is 0.216. The summed E-state index contributed by atoms with van der Waals surface area (Å²) in [4.78, 5) is 0. The first-order valence-electron chi connectivity index (χ1n) is 4.58. The monoisotopic (exact) mass is 174 g/mol. The molecule has 0 saturated carbocycles. The molecule has 13 heavy (non-hydrogen) atoms. The number of fused-ring (bicyclic) bond motifs is 1. The molecule has 0 amide bonds. The number of nitrogens with two attached hydrogens (primary N) is 1.